The van der Waals surface area contributed by atoms with Gasteiger partial charge in [-0.3, -0.25) is 14.5 Å². The summed E-state index contributed by atoms with van der Waals surface area (Å²) < 4.78 is 2.07. The molecule has 1 aromatic carbocycles. The zero-order chi connectivity index (χ0) is 22.9. The number of hydrogen-bond donors (Lipinski definition) is 2. The fourth-order valence-corrected chi connectivity index (χ4v) is 5.09. The van der Waals surface area contributed by atoms with Gasteiger partial charge in [-0.2, -0.15) is 0 Å². The number of likely N-dealkylation sites (tertiary alicyclic amines) is 1. The number of aromatic nitrogens is 1. The van der Waals surface area contributed by atoms with Crippen LogP contribution in [-0.4, -0.2) is 52.4 Å². The Bertz CT molecular complexity index is 1080. The fraction of sp³-hybridized carbons (Fsp3) is 0.360. The molecular weight excluding hydrogens is 424 g/mol. The lowest BCUT2D eigenvalue weighted by molar-refractivity contribution is -0.120. The standard InChI is InChI=1S/C25H29ClN4O2/c1-17-15-21(18(2)30(17)20-10-8-19(26)9-11-20)24(32)25(29-13-5-6-14-29)12-4-3-7-22(25)28-23(31)16-27/h3-4,7-12,15,22H,5-6,13-14,16,27H2,1-2H3,(H,28,31). The minimum Gasteiger partial charge on any atom is -0.346 e. The van der Waals surface area contributed by atoms with Gasteiger partial charge < -0.3 is 15.6 Å². The first kappa shape index (κ1) is 22.5. The van der Waals surface area contributed by atoms with Gasteiger partial charge in [0.25, 0.3) is 0 Å². The molecule has 1 aliphatic heterocycles. The molecule has 1 aliphatic carbocycles. The van der Waals surface area contributed by atoms with Crippen molar-refractivity contribution < 1.29 is 9.59 Å². The van der Waals surface area contributed by atoms with E-state index in [1.165, 1.54) is 0 Å². The second-order valence-corrected chi connectivity index (χ2v) is 8.88. The molecule has 0 bridgehead atoms. The van der Waals surface area contributed by atoms with Crippen LogP contribution in [0.5, 0.6) is 0 Å². The lowest BCUT2D eigenvalue weighted by Crippen LogP contribution is -2.65. The first-order valence-electron chi connectivity index (χ1n) is 11.0. The first-order chi connectivity index (χ1) is 15.4. The highest BCUT2D eigenvalue weighted by atomic mass is 35.5. The zero-order valence-corrected chi connectivity index (χ0v) is 19.2. The molecule has 3 N–H and O–H groups in total. The highest BCUT2D eigenvalue weighted by molar-refractivity contribution is 6.30. The third-order valence-corrected chi connectivity index (χ3v) is 6.75. The summed E-state index contributed by atoms with van der Waals surface area (Å²) in [6.45, 7) is 5.43. The van der Waals surface area contributed by atoms with E-state index in [0.29, 0.717) is 10.6 Å². The van der Waals surface area contributed by atoms with Crippen LogP contribution >= 0.6 is 11.6 Å². The van der Waals surface area contributed by atoms with E-state index in [9.17, 15) is 9.59 Å². The summed E-state index contributed by atoms with van der Waals surface area (Å²) in [5, 5.41) is 3.64. The molecule has 168 valence electrons. The highest BCUT2D eigenvalue weighted by Gasteiger charge is 2.50. The van der Waals surface area contributed by atoms with E-state index >= 15 is 0 Å². The normalized spacial score (nSPS) is 22.9. The van der Waals surface area contributed by atoms with E-state index in [4.69, 9.17) is 17.3 Å². The predicted octanol–water partition coefficient (Wildman–Crippen LogP) is 3.33. The third kappa shape index (κ3) is 3.83. The van der Waals surface area contributed by atoms with Crippen molar-refractivity contribution in [2.24, 2.45) is 5.73 Å². The van der Waals surface area contributed by atoms with E-state index < -0.39 is 11.6 Å². The van der Waals surface area contributed by atoms with Crippen LogP contribution in [0.2, 0.25) is 5.02 Å². The van der Waals surface area contributed by atoms with Crippen molar-refractivity contribution in [3.05, 3.63) is 76.6 Å². The lowest BCUT2D eigenvalue weighted by Gasteiger charge is -2.44. The quantitative estimate of drug-likeness (QED) is 0.659. The molecule has 0 spiro atoms. The summed E-state index contributed by atoms with van der Waals surface area (Å²) in [4.78, 5) is 28.8. The van der Waals surface area contributed by atoms with Crippen molar-refractivity contribution >= 4 is 23.3 Å². The molecule has 1 amide bonds. The molecule has 2 atom stereocenters. The molecular formula is C25H29ClN4O2. The van der Waals surface area contributed by atoms with Crippen LogP contribution in [-0.2, 0) is 4.79 Å². The average molecular weight is 453 g/mol. The maximum Gasteiger partial charge on any atom is 0.234 e. The summed E-state index contributed by atoms with van der Waals surface area (Å²) in [5.74, 6) is -0.298. The van der Waals surface area contributed by atoms with Gasteiger partial charge in [0.15, 0.2) is 5.78 Å². The topological polar surface area (TPSA) is 80.4 Å². The number of aryl methyl sites for hydroxylation is 1. The van der Waals surface area contributed by atoms with Crippen molar-refractivity contribution in [2.75, 3.05) is 19.6 Å². The van der Waals surface area contributed by atoms with Gasteiger partial charge in [-0.25, -0.2) is 0 Å². The van der Waals surface area contributed by atoms with Crippen molar-refractivity contribution in [2.45, 2.75) is 38.3 Å². The van der Waals surface area contributed by atoms with Crippen LogP contribution in [0.25, 0.3) is 5.69 Å². The number of carbonyl (C=O) groups excluding carboxylic acids is 2. The highest BCUT2D eigenvalue weighted by Crippen LogP contribution is 2.35. The number of benzene rings is 1. The van der Waals surface area contributed by atoms with E-state index in [1.807, 2.05) is 68.5 Å². The second kappa shape index (κ2) is 9.06. The molecule has 2 aliphatic rings. The molecule has 1 aromatic heterocycles. The Morgan fingerprint density at radius 1 is 1.16 bits per heavy atom. The molecule has 0 radical (unpaired) electrons. The van der Waals surface area contributed by atoms with Gasteiger partial charge >= 0.3 is 0 Å². The van der Waals surface area contributed by atoms with Crippen LogP contribution in [0.3, 0.4) is 0 Å². The maximum absolute atomic E-state index is 14.3. The zero-order valence-electron chi connectivity index (χ0n) is 18.5. The second-order valence-electron chi connectivity index (χ2n) is 8.44. The molecule has 1 fully saturated rings. The number of carbonyl (C=O) groups is 2. The van der Waals surface area contributed by atoms with Crippen molar-refractivity contribution in [3.8, 4) is 5.69 Å². The minimum absolute atomic E-state index is 0.0179. The summed E-state index contributed by atoms with van der Waals surface area (Å²) in [5.41, 5.74) is 8.01. The van der Waals surface area contributed by atoms with Crippen molar-refractivity contribution in [1.29, 1.82) is 0 Å². The number of allylic oxidation sites excluding steroid dienone is 2. The van der Waals surface area contributed by atoms with Crippen LogP contribution in [0.4, 0.5) is 0 Å². The Morgan fingerprint density at radius 2 is 1.84 bits per heavy atom. The van der Waals surface area contributed by atoms with Gasteiger partial charge in [0, 0.05) is 27.7 Å². The Hall–Kier alpha value is -2.67. The molecule has 0 saturated carbocycles. The first-order valence-corrected chi connectivity index (χ1v) is 11.4. The molecule has 2 heterocycles. The van der Waals surface area contributed by atoms with E-state index in [0.717, 1.165) is 43.0 Å². The monoisotopic (exact) mass is 452 g/mol. The summed E-state index contributed by atoms with van der Waals surface area (Å²) in [6.07, 6.45) is 9.65. The van der Waals surface area contributed by atoms with Crippen molar-refractivity contribution in [1.82, 2.24) is 14.8 Å². The third-order valence-electron chi connectivity index (χ3n) is 6.49. The van der Waals surface area contributed by atoms with E-state index in [-0.39, 0.29) is 18.2 Å². The Balaban J connectivity index is 1.81. The SMILES string of the molecule is Cc1cc(C(=O)C2(N3CCCC3)C=CC=CC2NC(=O)CN)c(C)n1-c1ccc(Cl)cc1. The number of amides is 1. The van der Waals surface area contributed by atoms with Gasteiger partial charge in [0.2, 0.25) is 5.91 Å². The number of nitrogens with zero attached hydrogens (tertiary/aromatic N) is 2. The number of halogens is 1. The Kier molecular flexibility index (Phi) is 6.38. The van der Waals surface area contributed by atoms with E-state index in [1.54, 1.807) is 0 Å². The maximum atomic E-state index is 14.3. The molecule has 2 unspecified atom stereocenters. The summed E-state index contributed by atoms with van der Waals surface area (Å²) in [7, 11) is 0. The van der Waals surface area contributed by atoms with Crippen molar-refractivity contribution in [3.63, 3.8) is 0 Å². The van der Waals surface area contributed by atoms with Gasteiger partial charge in [0.1, 0.15) is 5.54 Å². The number of nitrogens with one attached hydrogen (secondary N) is 1. The van der Waals surface area contributed by atoms with Gasteiger partial charge in [-0.15, -0.1) is 0 Å². The van der Waals surface area contributed by atoms with Crippen LogP contribution in [0, 0.1) is 13.8 Å². The van der Waals surface area contributed by atoms with Crippen LogP contribution in [0.15, 0.2) is 54.6 Å². The van der Waals surface area contributed by atoms with E-state index in [2.05, 4.69) is 14.8 Å². The largest absolute Gasteiger partial charge is 0.346 e. The Morgan fingerprint density at radius 3 is 2.50 bits per heavy atom. The number of rotatable bonds is 6. The summed E-state index contributed by atoms with van der Waals surface area (Å²) >= 11 is 6.07. The molecule has 2 aromatic rings. The number of nitrogens with two attached hydrogens (primary N) is 1. The minimum atomic E-state index is -0.987. The van der Waals surface area contributed by atoms with Gasteiger partial charge in [-0.05, 0) is 70.1 Å². The summed E-state index contributed by atoms with van der Waals surface area (Å²) in [6, 6.07) is 9.03. The lowest BCUT2D eigenvalue weighted by atomic mass is 9.78. The molecule has 32 heavy (non-hydrogen) atoms. The van der Waals surface area contributed by atoms with Gasteiger partial charge in [-0.1, -0.05) is 35.9 Å². The molecule has 7 heteroatoms. The molecule has 1 saturated heterocycles. The average Bonchev–Trinajstić information content (AvgIpc) is 3.43. The number of hydrogen-bond acceptors (Lipinski definition) is 4. The smallest absolute Gasteiger partial charge is 0.234 e. The fourth-order valence-electron chi connectivity index (χ4n) is 4.96. The number of Topliss-reactive ketones (excluding diaryl/α,β-unsaturated/α-hetero) is 1. The predicted molar refractivity (Wildman–Crippen MR) is 127 cm³/mol. The van der Waals surface area contributed by atoms with Gasteiger partial charge in [0.05, 0.1) is 12.6 Å². The molecule has 4 rings (SSSR count). The van der Waals surface area contributed by atoms with Crippen LogP contribution < -0.4 is 11.1 Å². The van der Waals surface area contributed by atoms with Crippen LogP contribution in [0.1, 0.15) is 34.6 Å². The molecule has 6 nitrogen and oxygen atoms in total. The number of ketones is 1. The Labute approximate surface area is 193 Å².